The summed E-state index contributed by atoms with van der Waals surface area (Å²) in [6, 6.07) is 10.9. The van der Waals surface area contributed by atoms with Crippen LogP contribution in [0.4, 0.5) is 34.6 Å². The Hall–Kier alpha value is -3.71. The fraction of sp³-hybridized carbons (Fsp3) is 0.485. The number of halogens is 4. The molecular weight excluding hydrogens is 606 g/mol. The van der Waals surface area contributed by atoms with Gasteiger partial charge in [0.1, 0.15) is 17.6 Å². The third-order valence-electron chi connectivity index (χ3n) is 8.08. The molecule has 0 atom stereocenters. The minimum Gasteiger partial charge on any atom is -0.477 e. The molecule has 7 nitrogen and oxygen atoms in total. The Morgan fingerprint density at radius 2 is 1.87 bits per heavy atom. The fourth-order valence-corrected chi connectivity index (χ4v) is 6.93. The quantitative estimate of drug-likeness (QED) is 0.200. The second kappa shape index (κ2) is 14.6. The van der Waals surface area contributed by atoms with Gasteiger partial charge < -0.3 is 29.9 Å². The van der Waals surface area contributed by atoms with Crippen molar-refractivity contribution in [1.29, 1.82) is 5.26 Å². The van der Waals surface area contributed by atoms with E-state index in [1.165, 1.54) is 17.4 Å². The highest BCUT2D eigenvalue weighted by Crippen LogP contribution is 2.40. The number of thiophene rings is 1. The van der Waals surface area contributed by atoms with Gasteiger partial charge in [-0.2, -0.15) is 18.4 Å². The Morgan fingerprint density at radius 1 is 1.11 bits per heavy atom. The van der Waals surface area contributed by atoms with E-state index in [4.69, 9.17) is 14.7 Å². The molecule has 5 rings (SSSR count). The third kappa shape index (κ3) is 8.31. The Morgan fingerprint density at radius 3 is 2.56 bits per heavy atom. The van der Waals surface area contributed by atoms with Crippen LogP contribution in [0.5, 0.6) is 5.75 Å². The van der Waals surface area contributed by atoms with E-state index in [-0.39, 0.29) is 30.5 Å². The average molecular weight is 644 g/mol. The van der Waals surface area contributed by atoms with Crippen LogP contribution in [-0.2, 0) is 11.2 Å². The summed E-state index contributed by atoms with van der Waals surface area (Å²) in [7, 11) is 0. The van der Waals surface area contributed by atoms with Gasteiger partial charge in [0.15, 0.2) is 6.61 Å². The summed E-state index contributed by atoms with van der Waals surface area (Å²) in [5.74, 6) is 5.69. The molecule has 3 heterocycles. The van der Waals surface area contributed by atoms with Crippen molar-refractivity contribution < 1.29 is 27.0 Å². The molecule has 0 radical (unpaired) electrons. The maximum Gasteiger partial charge on any atom is 0.393 e. The number of morpholine rings is 1. The van der Waals surface area contributed by atoms with Crippen LogP contribution in [-0.4, -0.2) is 75.7 Å². The molecular formula is C33H37F4N5O2S. The molecule has 0 amide bonds. The van der Waals surface area contributed by atoms with E-state index in [0.29, 0.717) is 54.0 Å². The van der Waals surface area contributed by atoms with Gasteiger partial charge in [-0.05, 0) is 43.7 Å². The highest BCUT2D eigenvalue weighted by molar-refractivity contribution is 7.20. The average Bonchev–Trinajstić information content (AvgIpc) is 3.36. The summed E-state index contributed by atoms with van der Waals surface area (Å²) < 4.78 is 67.9. The molecule has 2 aliphatic heterocycles. The number of hydrogen-bond donors (Lipinski definition) is 2. The molecule has 0 spiro atoms. The third-order valence-corrected chi connectivity index (χ3v) is 9.27. The number of hydrogen-bond acceptors (Lipinski definition) is 8. The van der Waals surface area contributed by atoms with Crippen molar-refractivity contribution in [2.24, 2.45) is 0 Å². The van der Waals surface area contributed by atoms with Gasteiger partial charge >= 0.3 is 6.18 Å². The van der Waals surface area contributed by atoms with E-state index in [0.717, 1.165) is 36.3 Å². The SMILES string of the molecule is CC(C)N1CCC(Nc2cccc3c(CC(F)(F)F)c(C#CCNc4cc(F)c(N5CCOCC5)cc4OCC#N)sc23)CC1. The monoisotopic (exact) mass is 643 g/mol. The molecule has 240 valence electrons. The number of rotatable bonds is 9. The Labute approximate surface area is 265 Å². The first-order valence-corrected chi connectivity index (χ1v) is 15.9. The highest BCUT2D eigenvalue weighted by atomic mass is 32.1. The number of anilines is 3. The van der Waals surface area contributed by atoms with Gasteiger partial charge in [0, 0.05) is 50.4 Å². The van der Waals surface area contributed by atoms with Gasteiger partial charge in [0.05, 0.1) is 52.8 Å². The standard InChI is InChI=1S/C33H37F4N5O2S/c1-22(2)41-12-8-23(9-13-41)40-27-6-3-5-24-25(21-33(35,36)37)31(45-32(24)27)7-4-11-39-28-19-26(34)29(20-30(28)44-16-10-38)42-14-17-43-18-15-42/h3,5-6,19-20,22-23,39-40H,8-9,11-18,21H2,1-2H3. The molecule has 1 aromatic heterocycles. The van der Waals surface area contributed by atoms with Gasteiger partial charge in [0.25, 0.3) is 0 Å². The zero-order valence-corrected chi connectivity index (χ0v) is 26.2. The number of fused-ring (bicyclic) bond motifs is 1. The summed E-state index contributed by atoms with van der Waals surface area (Å²) in [6.45, 7) is 8.12. The first-order chi connectivity index (χ1) is 21.6. The molecule has 2 fully saturated rings. The van der Waals surface area contributed by atoms with Crippen molar-refractivity contribution in [1.82, 2.24) is 4.90 Å². The highest BCUT2D eigenvalue weighted by Gasteiger charge is 2.31. The van der Waals surface area contributed by atoms with Gasteiger partial charge in [-0.1, -0.05) is 24.0 Å². The largest absolute Gasteiger partial charge is 0.477 e. The molecule has 0 aliphatic carbocycles. The number of likely N-dealkylation sites (tertiary alicyclic amines) is 1. The normalized spacial score (nSPS) is 16.4. The molecule has 3 aromatic rings. The number of ether oxygens (including phenoxy) is 2. The van der Waals surface area contributed by atoms with Crippen LogP contribution in [0.1, 0.15) is 37.1 Å². The number of alkyl halides is 3. The van der Waals surface area contributed by atoms with Crippen LogP contribution in [0.25, 0.3) is 10.1 Å². The maximum atomic E-state index is 15.1. The Bertz CT molecular complexity index is 1580. The lowest BCUT2D eigenvalue weighted by Gasteiger charge is -2.35. The van der Waals surface area contributed by atoms with Crippen LogP contribution in [0, 0.1) is 29.0 Å². The summed E-state index contributed by atoms with van der Waals surface area (Å²) in [4.78, 5) is 4.63. The molecule has 0 bridgehead atoms. The van der Waals surface area contributed by atoms with Crippen molar-refractivity contribution in [3.05, 3.63) is 46.6 Å². The van der Waals surface area contributed by atoms with E-state index in [1.807, 2.05) is 17.0 Å². The van der Waals surface area contributed by atoms with Crippen LogP contribution in [0.2, 0.25) is 0 Å². The van der Waals surface area contributed by atoms with Gasteiger partial charge in [-0.25, -0.2) is 4.39 Å². The second-order valence-electron chi connectivity index (χ2n) is 11.4. The van der Waals surface area contributed by atoms with E-state index < -0.39 is 18.4 Å². The molecule has 2 aromatic carbocycles. The number of piperidine rings is 1. The molecule has 45 heavy (non-hydrogen) atoms. The predicted octanol–water partition coefficient (Wildman–Crippen LogP) is 6.63. The molecule has 2 aliphatic rings. The topological polar surface area (TPSA) is 72.8 Å². The molecule has 12 heteroatoms. The number of benzene rings is 2. The fourth-order valence-electron chi connectivity index (χ4n) is 5.76. The zero-order valence-electron chi connectivity index (χ0n) is 25.4. The number of nitriles is 1. The number of nitrogens with one attached hydrogen (secondary N) is 2. The molecule has 2 N–H and O–H groups in total. The van der Waals surface area contributed by atoms with Crippen molar-refractivity contribution in [2.45, 2.75) is 51.4 Å². The lowest BCUT2D eigenvalue weighted by Crippen LogP contribution is -2.42. The van der Waals surface area contributed by atoms with Crippen molar-refractivity contribution >= 4 is 38.5 Å². The molecule has 0 unspecified atom stereocenters. The molecule has 2 saturated heterocycles. The molecule has 0 saturated carbocycles. The van der Waals surface area contributed by atoms with Crippen LogP contribution >= 0.6 is 11.3 Å². The van der Waals surface area contributed by atoms with Crippen molar-refractivity contribution in [3.8, 4) is 23.7 Å². The van der Waals surface area contributed by atoms with Crippen LogP contribution in [0.3, 0.4) is 0 Å². The van der Waals surface area contributed by atoms with Crippen molar-refractivity contribution in [3.63, 3.8) is 0 Å². The first kappa shape index (κ1) is 32.7. The predicted molar refractivity (Wildman–Crippen MR) is 171 cm³/mol. The maximum absolute atomic E-state index is 15.1. The lowest BCUT2D eigenvalue weighted by molar-refractivity contribution is -0.126. The van der Waals surface area contributed by atoms with Gasteiger partial charge in [-0.3, -0.25) is 0 Å². The van der Waals surface area contributed by atoms with Crippen LogP contribution in [0.15, 0.2) is 30.3 Å². The lowest BCUT2D eigenvalue weighted by atomic mass is 10.0. The second-order valence-corrected chi connectivity index (χ2v) is 12.5. The summed E-state index contributed by atoms with van der Waals surface area (Å²) in [6.07, 6.45) is -3.56. The Kier molecular flexibility index (Phi) is 10.6. The summed E-state index contributed by atoms with van der Waals surface area (Å²) in [5, 5.41) is 16.2. The van der Waals surface area contributed by atoms with E-state index >= 15 is 4.39 Å². The van der Waals surface area contributed by atoms with Gasteiger partial charge in [0.2, 0.25) is 0 Å². The van der Waals surface area contributed by atoms with Crippen LogP contribution < -0.4 is 20.3 Å². The van der Waals surface area contributed by atoms with E-state index in [9.17, 15) is 13.2 Å². The zero-order chi connectivity index (χ0) is 32.0. The summed E-state index contributed by atoms with van der Waals surface area (Å²) >= 11 is 1.26. The Balaban J connectivity index is 1.37. The van der Waals surface area contributed by atoms with E-state index in [2.05, 4.69) is 41.2 Å². The summed E-state index contributed by atoms with van der Waals surface area (Å²) in [5.41, 5.74) is 1.63. The minimum absolute atomic E-state index is 0.0263. The minimum atomic E-state index is -4.40. The van der Waals surface area contributed by atoms with Crippen molar-refractivity contribution in [2.75, 3.05) is 68.1 Å². The van der Waals surface area contributed by atoms with E-state index in [1.54, 1.807) is 18.2 Å². The van der Waals surface area contributed by atoms with Gasteiger partial charge in [-0.15, -0.1) is 11.3 Å². The number of nitrogens with zero attached hydrogens (tertiary/aromatic N) is 3. The first-order valence-electron chi connectivity index (χ1n) is 15.1. The smallest absolute Gasteiger partial charge is 0.393 e.